The first-order valence-corrected chi connectivity index (χ1v) is 13.5. The lowest BCUT2D eigenvalue weighted by Gasteiger charge is -2.35. The van der Waals surface area contributed by atoms with Gasteiger partial charge in [-0.25, -0.2) is 4.79 Å². The molecular formula is C32H33N3O5. The van der Waals surface area contributed by atoms with E-state index in [4.69, 9.17) is 9.47 Å². The molecule has 2 aliphatic rings. The number of piperazine rings is 1. The van der Waals surface area contributed by atoms with Gasteiger partial charge in [0, 0.05) is 31.9 Å². The minimum atomic E-state index is -1.19. The molecule has 0 spiro atoms. The Morgan fingerprint density at radius 3 is 2.35 bits per heavy atom. The van der Waals surface area contributed by atoms with Crippen LogP contribution in [-0.2, 0) is 16.1 Å². The molecule has 3 aromatic rings. The van der Waals surface area contributed by atoms with Crippen molar-refractivity contribution in [1.82, 2.24) is 10.2 Å². The van der Waals surface area contributed by atoms with E-state index in [9.17, 15) is 14.7 Å². The van der Waals surface area contributed by atoms with Crippen LogP contribution < -0.4 is 15.0 Å². The molecule has 0 bridgehead atoms. The van der Waals surface area contributed by atoms with Crippen LogP contribution in [0.15, 0.2) is 102 Å². The summed E-state index contributed by atoms with van der Waals surface area (Å²) in [6.45, 7) is 7.03. The number of rotatable bonds is 9. The Bertz CT molecular complexity index is 1400. The number of aliphatic carboxylic acids is 1. The van der Waals surface area contributed by atoms with Crippen LogP contribution in [-0.4, -0.2) is 54.6 Å². The zero-order valence-corrected chi connectivity index (χ0v) is 22.5. The van der Waals surface area contributed by atoms with Gasteiger partial charge in [0.15, 0.2) is 0 Å². The average molecular weight is 540 g/mol. The molecule has 1 unspecified atom stereocenters. The fourth-order valence-electron chi connectivity index (χ4n) is 4.82. The van der Waals surface area contributed by atoms with Crippen molar-refractivity contribution in [3.8, 4) is 5.75 Å². The van der Waals surface area contributed by atoms with Crippen LogP contribution in [0, 0.1) is 0 Å². The molecule has 2 N–H and O–H groups in total. The molecule has 40 heavy (non-hydrogen) atoms. The topological polar surface area (TPSA) is 91.3 Å². The van der Waals surface area contributed by atoms with E-state index in [0.29, 0.717) is 11.3 Å². The van der Waals surface area contributed by atoms with E-state index < -0.39 is 18.0 Å². The van der Waals surface area contributed by atoms with E-state index in [1.807, 2.05) is 72.8 Å². The van der Waals surface area contributed by atoms with Gasteiger partial charge in [0.05, 0.1) is 5.56 Å². The Morgan fingerprint density at radius 2 is 1.68 bits per heavy atom. The number of amides is 1. The normalized spacial score (nSPS) is 17.3. The molecule has 1 amide bonds. The van der Waals surface area contributed by atoms with Crippen LogP contribution >= 0.6 is 0 Å². The van der Waals surface area contributed by atoms with Gasteiger partial charge in [-0.3, -0.25) is 10.1 Å². The summed E-state index contributed by atoms with van der Waals surface area (Å²) in [7, 11) is 0. The lowest BCUT2D eigenvalue weighted by atomic mass is 10.1. The Labute approximate surface area is 234 Å². The van der Waals surface area contributed by atoms with Crippen molar-refractivity contribution in [2.24, 2.45) is 0 Å². The second-order valence-electron chi connectivity index (χ2n) is 9.69. The molecule has 2 heterocycles. The smallest absolute Gasteiger partial charge is 0.341 e. The standard InChI is InChI=1S/C32H33N3O5/c1-2-34-17-19-35(20-18-34)25-13-15-29(39-22-23-9-5-3-6-10-23)27(21-25)30(36)33-31-26(32(37)38)14-16-28(40-31)24-11-7-4-8-12-24/h3-16,21,28H,2,17-20,22H2,1H3,(H,33,36)(H,37,38). The fourth-order valence-corrected chi connectivity index (χ4v) is 4.82. The van der Waals surface area contributed by atoms with Gasteiger partial charge >= 0.3 is 5.97 Å². The second-order valence-corrected chi connectivity index (χ2v) is 9.69. The first kappa shape index (κ1) is 27.0. The van der Waals surface area contributed by atoms with Crippen LogP contribution in [0.4, 0.5) is 5.69 Å². The van der Waals surface area contributed by atoms with Crippen LogP contribution in [0.25, 0.3) is 0 Å². The van der Waals surface area contributed by atoms with Crippen molar-refractivity contribution in [3.05, 3.63) is 119 Å². The SMILES string of the molecule is CCN1CCN(c2ccc(OCc3ccccc3)c(C(=O)NC3=C(C(=O)O)C=CC(c4ccccc4)O3)c2)CC1. The minimum absolute atomic E-state index is 0.107. The summed E-state index contributed by atoms with van der Waals surface area (Å²) < 4.78 is 12.1. The summed E-state index contributed by atoms with van der Waals surface area (Å²) in [5, 5.41) is 12.5. The number of carbonyl (C=O) groups is 2. The first-order chi connectivity index (χ1) is 19.5. The van der Waals surface area contributed by atoms with E-state index >= 15 is 0 Å². The third-order valence-electron chi connectivity index (χ3n) is 7.14. The number of hydrogen-bond acceptors (Lipinski definition) is 6. The van der Waals surface area contributed by atoms with Gasteiger partial charge in [-0.05, 0) is 48.0 Å². The van der Waals surface area contributed by atoms with Crippen LogP contribution in [0.1, 0.15) is 34.5 Å². The quantitative estimate of drug-likeness (QED) is 0.405. The monoisotopic (exact) mass is 539 g/mol. The van der Waals surface area contributed by atoms with Crippen molar-refractivity contribution in [1.29, 1.82) is 0 Å². The molecule has 0 saturated carbocycles. The molecular weight excluding hydrogens is 506 g/mol. The largest absolute Gasteiger partial charge is 0.488 e. The second kappa shape index (κ2) is 12.5. The number of hydrogen-bond donors (Lipinski definition) is 2. The first-order valence-electron chi connectivity index (χ1n) is 13.5. The van der Waals surface area contributed by atoms with Gasteiger partial charge in [-0.2, -0.15) is 0 Å². The third-order valence-corrected chi connectivity index (χ3v) is 7.14. The van der Waals surface area contributed by atoms with Crippen molar-refractivity contribution < 1.29 is 24.2 Å². The van der Waals surface area contributed by atoms with E-state index in [0.717, 1.165) is 49.5 Å². The maximum absolute atomic E-state index is 13.7. The highest BCUT2D eigenvalue weighted by Gasteiger charge is 2.27. The number of carbonyl (C=O) groups excluding carboxylic acids is 1. The maximum atomic E-state index is 13.7. The molecule has 0 aromatic heterocycles. The van der Waals surface area contributed by atoms with Gasteiger partial charge in [-0.15, -0.1) is 0 Å². The maximum Gasteiger partial charge on any atom is 0.341 e. The lowest BCUT2D eigenvalue weighted by Crippen LogP contribution is -2.46. The molecule has 0 aliphatic carbocycles. The van der Waals surface area contributed by atoms with Gasteiger partial charge < -0.3 is 24.4 Å². The number of nitrogens with zero attached hydrogens (tertiary/aromatic N) is 2. The number of anilines is 1. The summed E-state index contributed by atoms with van der Waals surface area (Å²) in [6.07, 6.45) is 2.60. The Balaban J connectivity index is 1.42. The Hall–Kier alpha value is -4.56. The molecule has 1 atom stereocenters. The van der Waals surface area contributed by atoms with Crippen LogP contribution in [0.3, 0.4) is 0 Å². The lowest BCUT2D eigenvalue weighted by molar-refractivity contribution is -0.132. The van der Waals surface area contributed by atoms with Crippen molar-refractivity contribution in [2.75, 3.05) is 37.6 Å². The molecule has 5 rings (SSSR count). The summed E-state index contributed by atoms with van der Waals surface area (Å²) in [5.74, 6) is -1.40. The Morgan fingerprint density at radius 1 is 0.975 bits per heavy atom. The van der Waals surface area contributed by atoms with E-state index in [2.05, 4.69) is 22.0 Å². The van der Waals surface area contributed by atoms with E-state index in [-0.39, 0.29) is 18.1 Å². The van der Waals surface area contributed by atoms with Gasteiger partial charge in [0.25, 0.3) is 5.91 Å². The summed E-state index contributed by atoms with van der Waals surface area (Å²) >= 11 is 0. The predicted octanol–water partition coefficient (Wildman–Crippen LogP) is 4.76. The average Bonchev–Trinajstić information content (AvgIpc) is 3.00. The number of nitrogens with one attached hydrogen (secondary N) is 1. The minimum Gasteiger partial charge on any atom is -0.488 e. The molecule has 2 aliphatic heterocycles. The predicted molar refractivity (Wildman–Crippen MR) is 153 cm³/mol. The number of carboxylic acid groups (broad SMARTS) is 1. The molecule has 8 heteroatoms. The van der Waals surface area contributed by atoms with Crippen molar-refractivity contribution in [3.63, 3.8) is 0 Å². The number of ether oxygens (including phenoxy) is 2. The van der Waals surface area contributed by atoms with Gasteiger partial charge in [0.1, 0.15) is 24.0 Å². The summed E-state index contributed by atoms with van der Waals surface area (Å²) in [4.78, 5) is 30.4. The highest BCUT2D eigenvalue weighted by Crippen LogP contribution is 2.30. The zero-order valence-electron chi connectivity index (χ0n) is 22.5. The molecule has 0 radical (unpaired) electrons. The van der Waals surface area contributed by atoms with Gasteiger partial charge in [-0.1, -0.05) is 67.6 Å². The van der Waals surface area contributed by atoms with Crippen LogP contribution in [0.5, 0.6) is 5.75 Å². The van der Waals surface area contributed by atoms with Gasteiger partial charge in [0.2, 0.25) is 5.88 Å². The Kier molecular flexibility index (Phi) is 8.47. The summed E-state index contributed by atoms with van der Waals surface area (Å²) in [5.41, 5.74) is 2.90. The zero-order chi connectivity index (χ0) is 27.9. The third kappa shape index (κ3) is 6.35. The molecule has 1 fully saturated rings. The number of benzene rings is 3. The van der Waals surface area contributed by atoms with E-state index in [1.54, 1.807) is 12.1 Å². The number of likely N-dealkylation sites (N-methyl/N-ethyl adjacent to an activating group) is 1. The van der Waals surface area contributed by atoms with E-state index in [1.165, 1.54) is 6.08 Å². The fraction of sp³-hybridized carbons (Fsp3) is 0.250. The molecule has 1 saturated heterocycles. The molecule has 8 nitrogen and oxygen atoms in total. The highest BCUT2D eigenvalue weighted by molar-refractivity contribution is 6.00. The number of carboxylic acids is 1. The molecule has 206 valence electrons. The van der Waals surface area contributed by atoms with Crippen molar-refractivity contribution >= 4 is 17.6 Å². The summed E-state index contributed by atoms with van der Waals surface area (Å²) in [6, 6.07) is 24.7. The molecule has 3 aromatic carbocycles. The van der Waals surface area contributed by atoms with Crippen LogP contribution in [0.2, 0.25) is 0 Å². The van der Waals surface area contributed by atoms with Crippen molar-refractivity contribution in [2.45, 2.75) is 19.6 Å². The highest BCUT2D eigenvalue weighted by atomic mass is 16.5.